The molecule has 1 N–H and O–H groups in total. The van der Waals surface area contributed by atoms with Gasteiger partial charge in [0, 0.05) is 16.0 Å². The topological polar surface area (TPSA) is 55.6 Å². The first kappa shape index (κ1) is 15.7. The highest BCUT2D eigenvalue weighted by molar-refractivity contribution is 14.1. The summed E-state index contributed by atoms with van der Waals surface area (Å²) < 4.78 is 1.06. The first-order valence-electron chi connectivity index (χ1n) is 6.51. The van der Waals surface area contributed by atoms with Gasteiger partial charge in [0.15, 0.2) is 5.82 Å². The highest BCUT2D eigenvalue weighted by atomic mass is 127. The minimum atomic E-state index is 0.147. The van der Waals surface area contributed by atoms with Crippen LogP contribution in [0.4, 0.5) is 0 Å². The van der Waals surface area contributed by atoms with Crippen LogP contribution in [0.15, 0.2) is 18.2 Å². The molecule has 1 aromatic carbocycles. The Morgan fingerprint density at radius 2 is 2.25 bits per heavy atom. The van der Waals surface area contributed by atoms with E-state index in [1.807, 2.05) is 12.1 Å². The molecule has 108 valence electrons. The Morgan fingerprint density at radius 3 is 2.85 bits per heavy atom. The quantitative estimate of drug-likeness (QED) is 0.751. The predicted octanol–water partition coefficient (Wildman–Crippen LogP) is 2.75. The second-order valence-electron chi connectivity index (χ2n) is 4.58. The Labute approximate surface area is 137 Å². The number of benzene rings is 1. The third-order valence-electron chi connectivity index (χ3n) is 2.92. The molecule has 2 aromatic rings. The van der Waals surface area contributed by atoms with Gasteiger partial charge in [0.1, 0.15) is 0 Å². The van der Waals surface area contributed by atoms with Gasteiger partial charge in [0.25, 0.3) is 0 Å². The van der Waals surface area contributed by atoms with Crippen molar-refractivity contribution in [3.63, 3.8) is 0 Å². The molecule has 0 spiro atoms. The lowest BCUT2D eigenvalue weighted by atomic mass is 10.0. The Bertz CT molecular complexity index is 572. The zero-order chi connectivity index (χ0) is 14.5. The van der Waals surface area contributed by atoms with Crippen molar-refractivity contribution in [2.45, 2.75) is 25.8 Å². The van der Waals surface area contributed by atoms with E-state index in [1.54, 1.807) is 7.05 Å². The average molecular weight is 406 g/mol. The first-order valence-corrected chi connectivity index (χ1v) is 7.97. The van der Waals surface area contributed by atoms with Gasteiger partial charge in [0.05, 0.1) is 12.1 Å². The van der Waals surface area contributed by atoms with E-state index in [-0.39, 0.29) is 6.04 Å². The van der Waals surface area contributed by atoms with Crippen molar-refractivity contribution >= 4 is 34.2 Å². The molecule has 0 bridgehead atoms. The number of tetrazole rings is 1. The first-order chi connectivity index (χ1) is 9.60. The van der Waals surface area contributed by atoms with E-state index in [9.17, 15) is 0 Å². The highest BCUT2D eigenvalue weighted by Gasteiger charge is 2.15. The van der Waals surface area contributed by atoms with E-state index in [0.29, 0.717) is 6.42 Å². The molecule has 1 heterocycles. The number of rotatable bonds is 6. The second-order valence-corrected chi connectivity index (χ2v) is 6.15. The predicted molar refractivity (Wildman–Crippen MR) is 87.7 cm³/mol. The summed E-state index contributed by atoms with van der Waals surface area (Å²) in [4.78, 5) is 1.48. The van der Waals surface area contributed by atoms with Gasteiger partial charge < -0.3 is 5.32 Å². The number of hydrogen-bond donors (Lipinski definition) is 1. The molecular formula is C13H17ClIN5. The molecule has 2 rings (SSSR count). The molecule has 20 heavy (non-hydrogen) atoms. The van der Waals surface area contributed by atoms with Crippen LogP contribution in [0.3, 0.4) is 0 Å². The van der Waals surface area contributed by atoms with Crippen LogP contribution in [0.1, 0.15) is 30.8 Å². The van der Waals surface area contributed by atoms with Gasteiger partial charge in [-0.1, -0.05) is 24.6 Å². The molecule has 1 unspecified atom stereocenters. The summed E-state index contributed by atoms with van der Waals surface area (Å²) in [5.74, 6) is 0.732. The second kappa shape index (κ2) is 7.33. The van der Waals surface area contributed by atoms with Crippen molar-refractivity contribution in [1.82, 2.24) is 25.5 Å². The van der Waals surface area contributed by atoms with E-state index >= 15 is 0 Å². The minimum Gasteiger partial charge on any atom is -0.310 e. The Balaban J connectivity index is 2.19. The fourth-order valence-electron chi connectivity index (χ4n) is 1.94. The average Bonchev–Trinajstić information content (AvgIpc) is 2.83. The van der Waals surface area contributed by atoms with Crippen LogP contribution in [-0.2, 0) is 13.5 Å². The fourth-order valence-corrected chi connectivity index (χ4v) is 2.47. The zero-order valence-electron chi connectivity index (χ0n) is 11.5. The lowest BCUT2D eigenvalue weighted by Crippen LogP contribution is -2.24. The van der Waals surface area contributed by atoms with Crippen molar-refractivity contribution in [2.75, 3.05) is 6.54 Å². The summed E-state index contributed by atoms with van der Waals surface area (Å²) in [6.45, 7) is 3.08. The summed E-state index contributed by atoms with van der Waals surface area (Å²) in [6, 6.07) is 6.28. The summed E-state index contributed by atoms with van der Waals surface area (Å²) in [5, 5.41) is 16.5. The maximum absolute atomic E-state index is 6.22. The lowest BCUT2D eigenvalue weighted by molar-refractivity contribution is 0.517. The van der Waals surface area contributed by atoms with E-state index in [1.165, 1.54) is 4.80 Å². The molecule has 0 saturated heterocycles. The van der Waals surface area contributed by atoms with E-state index in [2.05, 4.69) is 56.3 Å². The monoisotopic (exact) mass is 405 g/mol. The zero-order valence-corrected chi connectivity index (χ0v) is 14.4. The molecule has 0 amide bonds. The largest absolute Gasteiger partial charge is 0.310 e. The molecule has 5 nitrogen and oxygen atoms in total. The number of nitrogens with one attached hydrogen (secondary N) is 1. The molecule has 0 saturated carbocycles. The van der Waals surface area contributed by atoms with Gasteiger partial charge in [-0.05, 0) is 58.5 Å². The molecular weight excluding hydrogens is 389 g/mol. The van der Waals surface area contributed by atoms with Crippen LogP contribution in [0.2, 0.25) is 5.02 Å². The maximum atomic E-state index is 6.22. The molecule has 0 aliphatic heterocycles. The molecule has 1 atom stereocenters. The summed E-state index contributed by atoms with van der Waals surface area (Å²) in [6.07, 6.45) is 1.77. The molecule has 0 aliphatic rings. The van der Waals surface area contributed by atoms with Crippen LogP contribution < -0.4 is 5.32 Å². The van der Waals surface area contributed by atoms with E-state index < -0.39 is 0 Å². The fraction of sp³-hybridized carbons (Fsp3) is 0.462. The van der Waals surface area contributed by atoms with E-state index in [0.717, 1.165) is 32.9 Å². The summed E-state index contributed by atoms with van der Waals surface area (Å²) in [5.41, 5.74) is 1.15. The summed E-state index contributed by atoms with van der Waals surface area (Å²) in [7, 11) is 1.77. The number of aryl methyl sites for hydroxylation is 1. The molecule has 0 radical (unpaired) electrons. The van der Waals surface area contributed by atoms with Gasteiger partial charge in [-0.25, -0.2) is 0 Å². The molecule has 0 aliphatic carbocycles. The minimum absolute atomic E-state index is 0.147. The van der Waals surface area contributed by atoms with Crippen LogP contribution in [0, 0.1) is 3.57 Å². The number of hydrogen-bond acceptors (Lipinski definition) is 4. The lowest BCUT2D eigenvalue weighted by Gasteiger charge is -2.18. The van der Waals surface area contributed by atoms with Crippen molar-refractivity contribution in [1.29, 1.82) is 0 Å². The Hall–Kier alpha value is -0.730. The Kier molecular flexibility index (Phi) is 5.74. The maximum Gasteiger partial charge on any atom is 0.176 e. The van der Waals surface area contributed by atoms with Crippen LogP contribution >= 0.6 is 34.2 Å². The normalized spacial score (nSPS) is 12.6. The number of halogens is 2. The number of aromatic nitrogens is 4. The van der Waals surface area contributed by atoms with Crippen LogP contribution in [0.5, 0.6) is 0 Å². The third-order valence-corrected chi connectivity index (χ3v) is 4.50. The van der Waals surface area contributed by atoms with Crippen molar-refractivity contribution in [3.05, 3.63) is 38.2 Å². The van der Waals surface area contributed by atoms with Gasteiger partial charge in [-0.15, -0.1) is 10.2 Å². The third kappa shape index (κ3) is 4.13. The van der Waals surface area contributed by atoms with E-state index in [4.69, 9.17) is 11.6 Å². The van der Waals surface area contributed by atoms with Crippen LogP contribution in [-0.4, -0.2) is 26.8 Å². The molecule has 1 aromatic heterocycles. The Morgan fingerprint density at radius 1 is 1.45 bits per heavy atom. The summed E-state index contributed by atoms with van der Waals surface area (Å²) >= 11 is 8.45. The van der Waals surface area contributed by atoms with Crippen LogP contribution in [0.25, 0.3) is 0 Å². The van der Waals surface area contributed by atoms with Gasteiger partial charge in [0.2, 0.25) is 0 Å². The van der Waals surface area contributed by atoms with Crippen molar-refractivity contribution in [2.24, 2.45) is 7.05 Å². The van der Waals surface area contributed by atoms with Gasteiger partial charge in [-0.3, -0.25) is 0 Å². The SMILES string of the molecule is CCCNC(Cc1nnn(C)n1)c1ccc(I)c(Cl)c1. The highest BCUT2D eigenvalue weighted by Crippen LogP contribution is 2.24. The number of nitrogens with zero attached hydrogens (tertiary/aromatic N) is 4. The van der Waals surface area contributed by atoms with Crippen molar-refractivity contribution in [3.8, 4) is 0 Å². The molecule has 0 fully saturated rings. The smallest absolute Gasteiger partial charge is 0.176 e. The van der Waals surface area contributed by atoms with Gasteiger partial charge in [-0.2, -0.15) is 4.80 Å². The standard InChI is InChI=1S/C13H17ClIN5/c1-3-6-16-12(8-13-17-19-20(2)18-13)9-4-5-11(15)10(14)7-9/h4-5,7,12,16H,3,6,8H2,1-2H3. The molecule has 7 heteroatoms. The van der Waals surface area contributed by atoms with Crippen molar-refractivity contribution < 1.29 is 0 Å². The van der Waals surface area contributed by atoms with Gasteiger partial charge >= 0.3 is 0 Å².